The van der Waals surface area contributed by atoms with Crippen molar-refractivity contribution < 1.29 is 46.5 Å². The second-order valence-corrected chi connectivity index (χ2v) is 10.8. The van der Waals surface area contributed by atoms with Crippen molar-refractivity contribution in [2.45, 2.75) is 64.3 Å². The Kier molecular flexibility index (Phi) is 10.8. The maximum atomic E-state index is 15.9. The van der Waals surface area contributed by atoms with Crippen LogP contribution in [0.15, 0.2) is 66.7 Å². The van der Waals surface area contributed by atoms with Gasteiger partial charge in [0, 0.05) is 12.1 Å². The van der Waals surface area contributed by atoms with Gasteiger partial charge >= 0.3 is 18.0 Å². The summed E-state index contributed by atoms with van der Waals surface area (Å²) >= 11 is 0. The Hall–Kier alpha value is -4.12. The summed E-state index contributed by atoms with van der Waals surface area (Å²) in [5, 5.41) is 11.1. The zero-order chi connectivity index (χ0) is 31.9. The second kappa shape index (κ2) is 13.9. The molecule has 0 bridgehead atoms. The number of hydrogen-bond donors (Lipinski definition) is 1. The van der Waals surface area contributed by atoms with Crippen LogP contribution in [0.2, 0.25) is 0 Å². The van der Waals surface area contributed by atoms with Gasteiger partial charge in [-0.1, -0.05) is 42.5 Å². The van der Waals surface area contributed by atoms with Crippen LogP contribution in [0.4, 0.5) is 22.4 Å². The largest absolute Gasteiger partial charge is 0.497 e. The number of carbonyl (C=O) groups excluding carboxylic acids is 2. The van der Waals surface area contributed by atoms with Crippen molar-refractivity contribution >= 4 is 12.1 Å². The number of aliphatic hydroxyl groups is 1. The van der Waals surface area contributed by atoms with Crippen LogP contribution < -0.4 is 4.74 Å². The van der Waals surface area contributed by atoms with Crippen LogP contribution in [-0.2, 0) is 27.2 Å². The molecule has 0 heterocycles. The van der Waals surface area contributed by atoms with Crippen LogP contribution in [0.3, 0.4) is 0 Å². The van der Waals surface area contributed by atoms with Gasteiger partial charge in [0.2, 0.25) is 0 Å². The lowest BCUT2D eigenvalue weighted by Crippen LogP contribution is -2.57. The fourth-order valence-corrected chi connectivity index (χ4v) is 4.39. The van der Waals surface area contributed by atoms with Gasteiger partial charge in [0.05, 0.1) is 19.8 Å². The summed E-state index contributed by atoms with van der Waals surface area (Å²) in [6, 6.07) is 13.7. The van der Waals surface area contributed by atoms with Crippen molar-refractivity contribution in [3.05, 3.63) is 89.5 Å². The van der Waals surface area contributed by atoms with Crippen molar-refractivity contribution in [2.24, 2.45) is 0 Å². The Labute approximate surface area is 248 Å². The average Bonchev–Trinajstić information content (AvgIpc) is 2.94. The molecule has 0 spiro atoms. The summed E-state index contributed by atoms with van der Waals surface area (Å²) in [4.78, 5) is 26.6. The predicted molar refractivity (Wildman–Crippen MR) is 152 cm³/mol. The minimum absolute atomic E-state index is 0.0265. The predicted octanol–water partition coefficient (Wildman–Crippen LogP) is 6.55. The number of alkyl halides is 2. The molecule has 0 aliphatic heterocycles. The Morgan fingerprint density at radius 3 is 2.21 bits per heavy atom. The summed E-state index contributed by atoms with van der Waals surface area (Å²) in [5.41, 5.74) is -0.639. The molecule has 2 atom stereocenters. The van der Waals surface area contributed by atoms with Crippen LogP contribution >= 0.6 is 0 Å². The van der Waals surface area contributed by atoms with Gasteiger partial charge in [0.15, 0.2) is 0 Å². The maximum Gasteiger partial charge on any atom is 0.410 e. The number of methoxy groups -OCH3 is 1. The maximum absolute atomic E-state index is 15.9. The number of aliphatic hydroxyl groups excluding tert-OH is 1. The third-order valence-corrected chi connectivity index (χ3v) is 6.47. The van der Waals surface area contributed by atoms with Gasteiger partial charge in [0.25, 0.3) is 0 Å². The Balaban J connectivity index is 2.16. The van der Waals surface area contributed by atoms with Gasteiger partial charge in [-0.3, -0.25) is 4.90 Å². The van der Waals surface area contributed by atoms with E-state index in [1.54, 1.807) is 45.0 Å². The van der Waals surface area contributed by atoms with Crippen LogP contribution in [-0.4, -0.2) is 59.5 Å². The second-order valence-electron chi connectivity index (χ2n) is 10.8. The summed E-state index contributed by atoms with van der Waals surface area (Å²) in [6.07, 6.45) is -4.59. The number of carbonyl (C=O) groups is 2. The first-order valence-electron chi connectivity index (χ1n) is 13.6. The van der Waals surface area contributed by atoms with Crippen molar-refractivity contribution in [3.63, 3.8) is 0 Å². The zero-order valence-corrected chi connectivity index (χ0v) is 24.6. The minimum atomic E-state index is -4.49. The molecule has 0 aromatic heterocycles. The van der Waals surface area contributed by atoms with E-state index in [1.807, 2.05) is 0 Å². The van der Waals surface area contributed by atoms with E-state index in [1.165, 1.54) is 50.4 Å². The number of halogens is 4. The first-order valence-corrected chi connectivity index (χ1v) is 13.6. The molecule has 11 heteroatoms. The van der Waals surface area contributed by atoms with E-state index in [9.17, 15) is 19.1 Å². The average molecular weight is 606 g/mol. The summed E-state index contributed by atoms with van der Waals surface area (Å²) in [7, 11) is 1.46. The van der Waals surface area contributed by atoms with Crippen LogP contribution in [0, 0.1) is 11.6 Å². The molecular formula is C32H35F4NO6. The molecule has 0 radical (unpaired) electrons. The third-order valence-electron chi connectivity index (χ3n) is 6.47. The zero-order valence-electron chi connectivity index (χ0n) is 24.6. The van der Waals surface area contributed by atoms with Crippen molar-refractivity contribution in [3.8, 4) is 16.9 Å². The molecule has 0 aliphatic carbocycles. The van der Waals surface area contributed by atoms with E-state index in [4.69, 9.17) is 9.47 Å². The molecule has 0 saturated heterocycles. The lowest BCUT2D eigenvalue weighted by atomic mass is 9.92. The monoisotopic (exact) mass is 605 g/mol. The topological polar surface area (TPSA) is 85.3 Å². The molecule has 3 aromatic rings. The number of rotatable bonds is 11. The molecule has 0 saturated carbocycles. The molecular weight excluding hydrogens is 570 g/mol. The molecule has 1 amide bonds. The highest BCUT2D eigenvalue weighted by molar-refractivity contribution is 5.79. The van der Waals surface area contributed by atoms with E-state index in [2.05, 4.69) is 4.74 Å². The highest BCUT2D eigenvalue weighted by Crippen LogP contribution is 2.32. The highest BCUT2D eigenvalue weighted by Gasteiger charge is 2.54. The van der Waals surface area contributed by atoms with Crippen LogP contribution in [0.5, 0.6) is 5.75 Å². The van der Waals surface area contributed by atoms with Crippen LogP contribution in [0.25, 0.3) is 11.1 Å². The molecule has 7 nitrogen and oxygen atoms in total. The molecule has 1 N–H and O–H groups in total. The summed E-state index contributed by atoms with van der Waals surface area (Å²) in [5.74, 6) is -7.49. The molecule has 3 rings (SSSR count). The fourth-order valence-electron chi connectivity index (χ4n) is 4.39. The highest BCUT2D eigenvalue weighted by atomic mass is 19.3. The van der Waals surface area contributed by atoms with Gasteiger partial charge in [-0.05, 0) is 75.1 Å². The van der Waals surface area contributed by atoms with Crippen molar-refractivity contribution in [1.82, 2.24) is 4.90 Å². The number of amides is 1. The number of ether oxygens (including phenoxy) is 3. The normalized spacial score (nSPS) is 13.2. The number of nitrogens with zero attached hydrogens (tertiary/aromatic N) is 1. The van der Waals surface area contributed by atoms with E-state index in [0.29, 0.717) is 11.3 Å². The molecule has 0 fully saturated rings. The Bertz CT molecular complexity index is 1410. The first-order chi connectivity index (χ1) is 20.2. The minimum Gasteiger partial charge on any atom is -0.497 e. The van der Waals surface area contributed by atoms with Gasteiger partial charge < -0.3 is 19.3 Å². The summed E-state index contributed by atoms with van der Waals surface area (Å²) in [6.45, 7) is 5.27. The van der Waals surface area contributed by atoms with Crippen molar-refractivity contribution in [1.29, 1.82) is 0 Å². The lowest BCUT2D eigenvalue weighted by Gasteiger charge is -2.38. The van der Waals surface area contributed by atoms with Crippen LogP contribution in [0.1, 0.15) is 38.8 Å². The van der Waals surface area contributed by atoms with E-state index >= 15 is 13.2 Å². The van der Waals surface area contributed by atoms with Gasteiger partial charge in [-0.15, -0.1) is 0 Å². The molecule has 0 aliphatic rings. The third kappa shape index (κ3) is 8.47. The summed E-state index contributed by atoms with van der Waals surface area (Å²) < 4.78 is 75.7. The van der Waals surface area contributed by atoms with Gasteiger partial charge in [0.1, 0.15) is 29.1 Å². The SMILES string of the molecule is CCOC(=O)C(F)(F)C(O)C(Cc1cccc(-c2cccc(F)c2)c1F)N(Cc1ccc(OC)cc1)C(=O)OC(C)(C)C. The van der Waals surface area contributed by atoms with Gasteiger partial charge in [-0.25, -0.2) is 18.4 Å². The Morgan fingerprint density at radius 2 is 1.63 bits per heavy atom. The van der Waals surface area contributed by atoms with Gasteiger partial charge in [-0.2, -0.15) is 8.78 Å². The Morgan fingerprint density at radius 1 is 0.977 bits per heavy atom. The smallest absolute Gasteiger partial charge is 0.410 e. The lowest BCUT2D eigenvalue weighted by molar-refractivity contribution is -0.195. The van der Waals surface area contributed by atoms with E-state index in [-0.39, 0.29) is 23.2 Å². The standard InChI is InChI=1S/C32H35F4NO6/c1-6-42-29(39)32(35,36)28(38)26(18-22-10-8-12-25(27(22)34)21-9-7-11-23(33)17-21)37(30(40)43-31(2,3)4)19-20-13-15-24(41-5)16-14-20/h7-17,26,28,38H,6,18-19H2,1-5H3. The molecule has 3 aromatic carbocycles. The fraction of sp³-hybridized carbons (Fsp3) is 0.375. The molecule has 232 valence electrons. The number of esters is 1. The van der Waals surface area contributed by atoms with E-state index < -0.39 is 60.4 Å². The molecule has 43 heavy (non-hydrogen) atoms. The molecule has 2 unspecified atom stereocenters. The van der Waals surface area contributed by atoms with E-state index in [0.717, 1.165) is 11.0 Å². The quantitative estimate of drug-likeness (QED) is 0.197. The van der Waals surface area contributed by atoms with Crippen molar-refractivity contribution in [2.75, 3.05) is 13.7 Å². The number of benzene rings is 3. The first kappa shape index (κ1) is 33.4. The number of hydrogen-bond acceptors (Lipinski definition) is 6.